The van der Waals surface area contributed by atoms with Crippen molar-refractivity contribution in [2.45, 2.75) is 0 Å². The molecule has 0 atom stereocenters. The molecule has 0 aliphatic heterocycles. The largest absolute Gasteiger partial charge is 0.456 e. The fourth-order valence-corrected chi connectivity index (χ4v) is 8.24. The van der Waals surface area contributed by atoms with Gasteiger partial charge in [-0.25, -0.2) is 9.97 Å². The summed E-state index contributed by atoms with van der Waals surface area (Å²) < 4.78 is 6.46. The SMILES string of the molecule is c1ccc(-c2ccc(-c3cc(-c4ccccc4)cc(-c4ccc(-c5cc(-c6ccc7c(c6)oc6ccc8ccccc8c67)nc(-c6ccccc6)n5)cc4)c3)cc2)cc1. The molecule has 0 saturated heterocycles. The summed E-state index contributed by atoms with van der Waals surface area (Å²) in [6.07, 6.45) is 0. The highest BCUT2D eigenvalue weighted by Crippen LogP contribution is 2.38. The summed E-state index contributed by atoms with van der Waals surface area (Å²) in [7, 11) is 0. The minimum Gasteiger partial charge on any atom is -0.456 e. The number of aromatic nitrogens is 2. The lowest BCUT2D eigenvalue weighted by atomic mass is 9.92. The maximum absolute atomic E-state index is 6.46. The van der Waals surface area contributed by atoms with Crippen molar-refractivity contribution in [3.05, 3.63) is 218 Å². The van der Waals surface area contributed by atoms with E-state index in [1.54, 1.807) is 0 Å². The van der Waals surface area contributed by atoms with Crippen molar-refractivity contribution < 1.29 is 4.42 Å². The van der Waals surface area contributed by atoms with Crippen LogP contribution in [-0.4, -0.2) is 9.97 Å². The predicted octanol–water partition coefficient (Wildman–Crippen LogP) is 15.2. The third-order valence-electron chi connectivity index (χ3n) is 11.3. The van der Waals surface area contributed by atoms with Crippen molar-refractivity contribution in [1.29, 1.82) is 0 Å². The average molecular weight is 753 g/mol. The summed E-state index contributed by atoms with van der Waals surface area (Å²) in [5, 5.41) is 4.62. The molecule has 3 heteroatoms. The molecule has 0 N–H and O–H groups in total. The zero-order valence-electron chi connectivity index (χ0n) is 32.1. The minimum atomic E-state index is 0.677. The fourth-order valence-electron chi connectivity index (χ4n) is 8.24. The molecule has 0 bridgehead atoms. The fraction of sp³-hybridized carbons (Fsp3) is 0. The summed E-state index contributed by atoms with van der Waals surface area (Å²) in [5.41, 5.74) is 15.8. The standard InChI is InChI=1S/C56H36N2O/c1-4-12-37(13-5-1)39-20-22-40(23-21-39)47-32-46(38-14-6-2-7-15-38)33-48(34-47)41-24-26-43(27-25-41)51-36-52(58-56(57-51)44-17-8-3-9-18-44)45-28-30-50-54(35-45)59-53-31-29-42-16-10-11-19-49(42)55(50)53/h1-36H. The Labute approximate surface area is 342 Å². The van der Waals surface area contributed by atoms with Gasteiger partial charge in [-0.2, -0.15) is 0 Å². The highest BCUT2D eigenvalue weighted by molar-refractivity contribution is 6.19. The summed E-state index contributed by atoms with van der Waals surface area (Å²) in [5.74, 6) is 0.677. The number of fused-ring (bicyclic) bond motifs is 5. The van der Waals surface area contributed by atoms with Gasteiger partial charge in [-0.1, -0.05) is 176 Å². The Hall–Kier alpha value is -7.88. The van der Waals surface area contributed by atoms with E-state index in [-0.39, 0.29) is 0 Å². The first-order chi connectivity index (χ1) is 29.2. The van der Waals surface area contributed by atoms with Crippen LogP contribution in [0.1, 0.15) is 0 Å². The van der Waals surface area contributed by atoms with Gasteiger partial charge in [0.15, 0.2) is 5.82 Å². The van der Waals surface area contributed by atoms with Crippen LogP contribution in [-0.2, 0) is 0 Å². The third kappa shape index (κ3) is 6.55. The van der Waals surface area contributed by atoms with Gasteiger partial charge in [0.2, 0.25) is 0 Å². The van der Waals surface area contributed by atoms with Crippen LogP contribution in [0.4, 0.5) is 0 Å². The molecule has 11 rings (SSSR count). The number of hydrogen-bond donors (Lipinski definition) is 0. The van der Waals surface area contributed by atoms with E-state index in [1.807, 2.05) is 18.2 Å². The highest BCUT2D eigenvalue weighted by atomic mass is 16.3. The first-order valence-electron chi connectivity index (χ1n) is 20.0. The van der Waals surface area contributed by atoms with Crippen molar-refractivity contribution in [2.24, 2.45) is 0 Å². The quantitative estimate of drug-likeness (QED) is 0.163. The molecule has 0 amide bonds. The topological polar surface area (TPSA) is 38.9 Å². The Morgan fingerprint density at radius 3 is 1.34 bits per heavy atom. The lowest BCUT2D eigenvalue weighted by Crippen LogP contribution is -1.96. The molecule has 0 aliphatic carbocycles. The number of hydrogen-bond acceptors (Lipinski definition) is 3. The molecule has 0 spiro atoms. The molecular weight excluding hydrogens is 717 g/mol. The minimum absolute atomic E-state index is 0.677. The van der Waals surface area contributed by atoms with E-state index in [0.717, 1.165) is 61.1 Å². The molecule has 0 radical (unpaired) electrons. The monoisotopic (exact) mass is 752 g/mol. The van der Waals surface area contributed by atoms with E-state index in [4.69, 9.17) is 14.4 Å². The molecule has 59 heavy (non-hydrogen) atoms. The van der Waals surface area contributed by atoms with E-state index in [9.17, 15) is 0 Å². The molecule has 2 aromatic heterocycles. The van der Waals surface area contributed by atoms with Crippen LogP contribution in [0.5, 0.6) is 0 Å². The predicted molar refractivity (Wildman–Crippen MR) is 245 cm³/mol. The van der Waals surface area contributed by atoms with Gasteiger partial charge in [0.05, 0.1) is 11.4 Å². The summed E-state index contributed by atoms with van der Waals surface area (Å²) >= 11 is 0. The smallest absolute Gasteiger partial charge is 0.160 e. The zero-order chi connectivity index (χ0) is 39.1. The summed E-state index contributed by atoms with van der Waals surface area (Å²) in [4.78, 5) is 10.3. The molecular formula is C56H36N2O. The lowest BCUT2D eigenvalue weighted by molar-refractivity contribution is 0.669. The van der Waals surface area contributed by atoms with Gasteiger partial charge >= 0.3 is 0 Å². The van der Waals surface area contributed by atoms with E-state index in [0.29, 0.717) is 5.82 Å². The van der Waals surface area contributed by atoms with Crippen LogP contribution >= 0.6 is 0 Å². The molecule has 0 saturated carbocycles. The lowest BCUT2D eigenvalue weighted by Gasteiger charge is -2.13. The van der Waals surface area contributed by atoms with Crippen molar-refractivity contribution >= 4 is 32.7 Å². The van der Waals surface area contributed by atoms with Gasteiger partial charge < -0.3 is 4.42 Å². The van der Waals surface area contributed by atoms with Gasteiger partial charge in [0, 0.05) is 27.5 Å². The van der Waals surface area contributed by atoms with Crippen molar-refractivity contribution in [3.63, 3.8) is 0 Å². The second kappa shape index (κ2) is 14.6. The molecule has 0 fully saturated rings. The van der Waals surface area contributed by atoms with E-state index in [1.165, 1.54) is 44.2 Å². The second-order valence-electron chi connectivity index (χ2n) is 15.0. The molecule has 0 unspecified atom stereocenters. The third-order valence-corrected chi connectivity index (χ3v) is 11.3. The maximum Gasteiger partial charge on any atom is 0.160 e. The molecule has 3 nitrogen and oxygen atoms in total. The number of furan rings is 1. The van der Waals surface area contributed by atoms with Crippen molar-refractivity contribution in [3.8, 4) is 78.4 Å². The molecule has 9 aromatic carbocycles. The first-order valence-corrected chi connectivity index (χ1v) is 20.0. The van der Waals surface area contributed by atoms with Crippen LogP contribution in [0.15, 0.2) is 223 Å². The number of rotatable bonds is 7. The Morgan fingerprint density at radius 2 is 0.729 bits per heavy atom. The average Bonchev–Trinajstić information content (AvgIpc) is 3.71. The molecule has 11 aromatic rings. The Balaban J connectivity index is 0.984. The van der Waals surface area contributed by atoms with Gasteiger partial charge in [-0.15, -0.1) is 0 Å². The normalized spacial score (nSPS) is 11.4. The van der Waals surface area contributed by atoms with Crippen molar-refractivity contribution in [2.75, 3.05) is 0 Å². The Kier molecular flexibility index (Phi) is 8.49. The van der Waals surface area contributed by atoms with Crippen molar-refractivity contribution in [1.82, 2.24) is 9.97 Å². The molecule has 2 heterocycles. The number of benzene rings is 9. The highest BCUT2D eigenvalue weighted by Gasteiger charge is 2.16. The van der Waals surface area contributed by atoms with Gasteiger partial charge in [0.1, 0.15) is 11.2 Å². The molecule has 0 aliphatic rings. The van der Waals surface area contributed by atoms with Gasteiger partial charge in [-0.3, -0.25) is 0 Å². The second-order valence-corrected chi connectivity index (χ2v) is 15.0. The van der Waals surface area contributed by atoms with E-state index < -0.39 is 0 Å². The van der Waals surface area contributed by atoms with Gasteiger partial charge in [0.25, 0.3) is 0 Å². The Bertz CT molecular complexity index is 3280. The summed E-state index contributed by atoms with van der Waals surface area (Å²) in [6, 6.07) is 77.0. The van der Waals surface area contributed by atoms with Gasteiger partial charge in [-0.05, 0) is 97.7 Å². The number of nitrogens with zero attached hydrogens (tertiary/aromatic N) is 2. The van der Waals surface area contributed by atoms with Crippen LogP contribution in [0.3, 0.4) is 0 Å². The van der Waals surface area contributed by atoms with Crippen LogP contribution in [0.2, 0.25) is 0 Å². The van der Waals surface area contributed by atoms with E-state index >= 15 is 0 Å². The Morgan fingerprint density at radius 1 is 0.271 bits per heavy atom. The van der Waals surface area contributed by atoms with E-state index in [2.05, 4.69) is 200 Å². The summed E-state index contributed by atoms with van der Waals surface area (Å²) in [6.45, 7) is 0. The van der Waals surface area contributed by atoms with Crippen LogP contribution < -0.4 is 0 Å². The zero-order valence-corrected chi connectivity index (χ0v) is 32.1. The molecule has 276 valence electrons. The first kappa shape index (κ1) is 34.4. The maximum atomic E-state index is 6.46. The van der Waals surface area contributed by atoms with Crippen LogP contribution in [0, 0.1) is 0 Å². The van der Waals surface area contributed by atoms with Crippen LogP contribution in [0.25, 0.3) is 111 Å².